The van der Waals surface area contributed by atoms with E-state index in [0.717, 1.165) is 24.1 Å². The van der Waals surface area contributed by atoms with E-state index in [9.17, 15) is 19.2 Å². The van der Waals surface area contributed by atoms with Crippen LogP contribution in [-0.2, 0) is 6.42 Å². The summed E-state index contributed by atoms with van der Waals surface area (Å²) in [7, 11) is -2.69. The van der Waals surface area contributed by atoms with Gasteiger partial charge in [0.2, 0.25) is 0 Å². The number of pyridine rings is 1. The van der Waals surface area contributed by atoms with Gasteiger partial charge in [-0.25, -0.2) is 0 Å². The molecule has 1 aliphatic heterocycles. The highest BCUT2D eigenvalue weighted by Gasteiger charge is 2.34. The van der Waals surface area contributed by atoms with E-state index in [2.05, 4.69) is 21.5 Å². The fraction of sp³-hybridized carbons (Fsp3) is 0.350. The zero-order valence-corrected chi connectivity index (χ0v) is 16.4. The third-order valence-electron chi connectivity index (χ3n) is 5.74. The van der Waals surface area contributed by atoms with Crippen LogP contribution >= 0.6 is 10.6 Å². The van der Waals surface area contributed by atoms with E-state index < -0.39 is 10.6 Å². The summed E-state index contributed by atoms with van der Waals surface area (Å²) < 4.78 is 22.0. The fourth-order valence-electron chi connectivity index (χ4n) is 4.14. The molecular formula is C20H21N5O3S. The van der Waals surface area contributed by atoms with Gasteiger partial charge in [0, 0.05) is 17.6 Å². The molecule has 1 atom stereocenters. The average Bonchev–Trinajstić information content (AvgIpc) is 3.41. The van der Waals surface area contributed by atoms with Crippen LogP contribution in [0, 0.1) is 17.2 Å². The quantitative estimate of drug-likeness (QED) is 0.503. The molecule has 2 aliphatic rings. The van der Waals surface area contributed by atoms with Gasteiger partial charge in [0.25, 0.3) is 5.56 Å². The van der Waals surface area contributed by atoms with E-state index in [1.807, 2.05) is 16.8 Å². The molecule has 0 saturated heterocycles. The number of nitriles is 1. The van der Waals surface area contributed by atoms with E-state index in [4.69, 9.17) is 0 Å². The zero-order valence-electron chi connectivity index (χ0n) is 15.6. The second kappa shape index (κ2) is 6.62. The lowest BCUT2D eigenvalue weighted by molar-refractivity contribution is 0.426. The van der Waals surface area contributed by atoms with Crippen LogP contribution in [0.2, 0.25) is 0 Å². The second-order valence-electron chi connectivity index (χ2n) is 7.70. The molecule has 1 aromatic carbocycles. The first-order valence-electron chi connectivity index (χ1n) is 9.60. The minimum absolute atomic E-state index is 0.0483. The van der Waals surface area contributed by atoms with Gasteiger partial charge in [-0.05, 0) is 55.0 Å². The first-order chi connectivity index (χ1) is 14.0. The number of hydrogen-bond donors (Lipinski definition) is 4. The summed E-state index contributed by atoms with van der Waals surface area (Å²) >= 11 is 0. The van der Waals surface area contributed by atoms with Crippen molar-refractivity contribution in [3.05, 3.63) is 46.4 Å². The number of hydrogen-bond acceptors (Lipinski definition) is 6. The highest BCUT2D eigenvalue weighted by Crippen LogP contribution is 2.55. The van der Waals surface area contributed by atoms with Gasteiger partial charge >= 0.3 is 0 Å². The summed E-state index contributed by atoms with van der Waals surface area (Å²) in [5, 5.41) is 17.6. The molecule has 9 heteroatoms. The van der Waals surface area contributed by atoms with Gasteiger partial charge in [-0.3, -0.25) is 18.6 Å². The number of aryl methyl sites for hydroxylation is 1. The molecule has 5 rings (SSSR count). The van der Waals surface area contributed by atoms with E-state index in [1.54, 1.807) is 18.3 Å². The molecule has 1 fully saturated rings. The van der Waals surface area contributed by atoms with Gasteiger partial charge in [-0.2, -0.15) is 21.0 Å². The maximum Gasteiger partial charge on any atom is 0.261 e. The minimum atomic E-state index is -2.69. The van der Waals surface area contributed by atoms with Gasteiger partial charge in [0.15, 0.2) is 5.82 Å². The van der Waals surface area contributed by atoms with Crippen LogP contribution in [0.15, 0.2) is 40.2 Å². The van der Waals surface area contributed by atoms with Crippen molar-refractivity contribution in [2.45, 2.75) is 36.6 Å². The summed E-state index contributed by atoms with van der Waals surface area (Å²) in [6.45, 7) is 0. The lowest BCUT2D eigenvalue weighted by atomic mass is 10.1. The Morgan fingerprint density at radius 3 is 2.97 bits per heavy atom. The van der Waals surface area contributed by atoms with Gasteiger partial charge in [-0.1, -0.05) is 0 Å². The normalized spacial score (nSPS) is 19.5. The molecule has 3 aromatic rings. The first kappa shape index (κ1) is 18.2. The number of aromatic amines is 1. The SMILES string of the molecule is N#CC[C@@H](C1CC1)n1nc(Nc2ccc3c(c2)CCS3(O)O)c2c(=O)[nH]ccc21. The first-order valence-corrected chi connectivity index (χ1v) is 11.3. The Labute approximate surface area is 168 Å². The third-order valence-corrected chi connectivity index (χ3v) is 7.62. The zero-order chi connectivity index (χ0) is 20.2. The molecule has 3 heterocycles. The molecule has 2 aromatic heterocycles. The summed E-state index contributed by atoms with van der Waals surface area (Å²) in [5.41, 5.74) is 2.10. The molecule has 150 valence electrons. The van der Waals surface area contributed by atoms with Crippen LogP contribution in [0.1, 0.15) is 30.9 Å². The topological polar surface area (TPSA) is 127 Å². The number of nitrogens with zero attached hydrogens (tertiary/aromatic N) is 3. The molecule has 0 spiro atoms. The summed E-state index contributed by atoms with van der Waals surface area (Å²) in [6, 6.07) is 9.40. The number of nitrogens with one attached hydrogen (secondary N) is 2. The summed E-state index contributed by atoms with van der Waals surface area (Å²) in [4.78, 5) is 15.9. The van der Waals surface area contributed by atoms with Crippen molar-refractivity contribution in [2.75, 3.05) is 11.1 Å². The number of rotatable bonds is 5. The Morgan fingerprint density at radius 1 is 1.38 bits per heavy atom. The largest absolute Gasteiger partial charge is 0.338 e. The van der Waals surface area contributed by atoms with Crippen molar-refractivity contribution in [2.24, 2.45) is 5.92 Å². The molecule has 1 saturated carbocycles. The van der Waals surface area contributed by atoms with Gasteiger partial charge in [0.05, 0.1) is 28.9 Å². The summed E-state index contributed by atoms with van der Waals surface area (Å²) in [6.07, 6.45) is 4.69. The van der Waals surface area contributed by atoms with E-state index in [1.165, 1.54) is 0 Å². The Kier molecular flexibility index (Phi) is 4.17. The van der Waals surface area contributed by atoms with Crippen LogP contribution in [0.4, 0.5) is 11.5 Å². The predicted octanol–water partition coefficient (Wildman–Crippen LogP) is 4.00. The van der Waals surface area contributed by atoms with E-state index in [0.29, 0.717) is 46.1 Å². The Morgan fingerprint density at radius 2 is 2.21 bits per heavy atom. The fourth-order valence-corrected chi connectivity index (χ4v) is 5.73. The Bertz CT molecular complexity index is 1210. The van der Waals surface area contributed by atoms with Crippen LogP contribution < -0.4 is 10.9 Å². The van der Waals surface area contributed by atoms with Gasteiger partial charge in [-0.15, -0.1) is 0 Å². The Hall–Kier alpha value is -2.80. The van der Waals surface area contributed by atoms with Gasteiger partial charge < -0.3 is 10.3 Å². The van der Waals surface area contributed by atoms with Crippen molar-refractivity contribution in [1.82, 2.24) is 14.8 Å². The number of fused-ring (bicyclic) bond motifs is 2. The third kappa shape index (κ3) is 3.09. The van der Waals surface area contributed by atoms with E-state index in [-0.39, 0.29) is 11.6 Å². The maximum atomic E-state index is 12.6. The van der Waals surface area contributed by atoms with Crippen molar-refractivity contribution >= 4 is 33.0 Å². The molecular weight excluding hydrogens is 390 g/mol. The Balaban J connectivity index is 1.57. The number of benzene rings is 1. The monoisotopic (exact) mass is 411 g/mol. The predicted molar refractivity (Wildman–Crippen MR) is 112 cm³/mol. The van der Waals surface area contributed by atoms with E-state index >= 15 is 0 Å². The lowest BCUT2D eigenvalue weighted by Gasteiger charge is -2.27. The molecule has 0 unspecified atom stereocenters. The molecule has 29 heavy (non-hydrogen) atoms. The van der Waals surface area contributed by atoms with Crippen molar-refractivity contribution in [3.8, 4) is 6.07 Å². The second-order valence-corrected chi connectivity index (χ2v) is 9.88. The number of H-pyrrole nitrogens is 1. The van der Waals surface area contributed by atoms with Crippen molar-refractivity contribution < 1.29 is 9.11 Å². The highest BCUT2D eigenvalue weighted by molar-refractivity contribution is 8.24. The van der Waals surface area contributed by atoms with Crippen LogP contribution in [0.5, 0.6) is 0 Å². The molecule has 0 amide bonds. The molecule has 8 nitrogen and oxygen atoms in total. The minimum Gasteiger partial charge on any atom is -0.338 e. The molecule has 0 bridgehead atoms. The maximum absolute atomic E-state index is 12.6. The summed E-state index contributed by atoms with van der Waals surface area (Å²) in [5.74, 6) is 1.20. The molecule has 4 N–H and O–H groups in total. The van der Waals surface area contributed by atoms with Crippen molar-refractivity contribution in [3.63, 3.8) is 0 Å². The van der Waals surface area contributed by atoms with Crippen LogP contribution in [0.25, 0.3) is 10.9 Å². The molecule has 1 aliphatic carbocycles. The highest BCUT2D eigenvalue weighted by atomic mass is 32.3. The van der Waals surface area contributed by atoms with Crippen molar-refractivity contribution in [1.29, 1.82) is 5.26 Å². The van der Waals surface area contributed by atoms with Crippen LogP contribution in [-0.4, -0.2) is 29.6 Å². The number of aromatic nitrogens is 3. The standard InChI is InChI=1S/C20H21N5O3S/c21-8-5-15(12-1-2-12)25-16-6-9-22-20(26)18(16)19(24-25)23-14-3-4-17-13(11-14)7-10-29(17,27)28/h3-4,6,9,11-12,15,27-28H,1-2,5,7,10H2,(H,22,26)(H,23,24)/t15-/m0/s1. The smallest absolute Gasteiger partial charge is 0.261 e. The number of anilines is 2. The average molecular weight is 411 g/mol. The molecule has 0 radical (unpaired) electrons. The van der Waals surface area contributed by atoms with Crippen LogP contribution in [0.3, 0.4) is 0 Å². The van der Waals surface area contributed by atoms with Gasteiger partial charge in [0.1, 0.15) is 5.39 Å². The lowest BCUT2D eigenvalue weighted by Crippen LogP contribution is -2.13.